The molecule has 0 aromatic heterocycles. The van der Waals surface area contributed by atoms with Gasteiger partial charge in [0.25, 0.3) is 5.91 Å². The summed E-state index contributed by atoms with van der Waals surface area (Å²) in [6.45, 7) is 0.347. The molecule has 1 aliphatic rings. The number of benzene rings is 2. The maximum Gasteiger partial charge on any atom is 0.305 e. The van der Waals surface area contributed by atoms with Crippen LogP contribution in [0.2, 0.25) is 0 Å². The fourth-order valence-electron chi connectivity index (χ4n) is 2.63. The van der Waals surface area contributed by atoms with E-state index in [1.807, 2.05) is 24.3 Å². The lowest BCUT2D eigenvalue weighted by molar-refractivity contribution is -0.137. The van der Waals surface area contributed by atoms with Gasteiger partial charge in [0.1, 0.15) is 16.7 Å². The first kappa shape index (κ1) is 20.6. The summed E-state index contributed by atoms with van der Waals surface area (Å²) < 4.78 is 6.10. The molecule has 0 atom stereocenters. The van der Waals surface area contributed by atoms with Crippen LogP contribution in [-0.4, -0.2) is 32.7 Å². The number of nitrogens with zero attached hydrogens (tertiary/aromatic N) is 2. The molecule has 0 saturated carbocycles. The number of ether oxygens (including phenoxy) is 1. The van der Waals surface area contributed by atoms with E-state index in [-0.39, 0.29) is 25.5 Å². The van der Waals surface area contributed by atoms with E-state index in [0.717, 1.165) is 22.9 Å². The lowest BCUT2D eigenvalue weighted by Crippen LogP contribution is -2.30. The summed E-state index contributed by atoms with van der Waals surface area (Å²) in [5, 5.41) is 17.9. The molecule has 0 spiro atoms. The minimum atomic E-state index is -0.976. The molecule has 0 aliphatic carbocycles. The van der Waals surface area contributed by atoms with Crippen molar-refractivity contribution in [2.24, 2.45) is 0 Å². The van der Waals surface area contributed by atoms with Crippen molar-refractivity contribution < 1.29 is 19.4 Å². The number of hydrogen-bond donors (Lipinski definition) is 1. The Bertz CT molecular complexity index is 1030. The minimum absolute atomic E-state index is 0.0638. The number of carbonyl (C=O) groups is 2. The van der Waals surface area contributed by atoms with Crippen molar-refractivity contribution in [1.82, 2.24) is 4.90 Å². The first-order valence-corrected chi connectivity index (χ1v) is 9.88. The molecular weight excluding hydrogens is 408 g/mol. The van der Waals surface area contributed by atoms with Gasteiger partial charge in [-0.15, -0.1) is 0 Å². The van der Waals surface area contributed by atoms with E-state index in [1.54, 1.807) is 30.3 Å². The van der Waals surface area contributed by atoms with Crippen LogP contribution in [0.3, 0.4) is 0 Å². The van der Waals surface area contributed by atoms with Crippen molar-refractivity contribution in [3.05, 3.63) is 70.1 Å². The molecule has 29 heavy (non-hydrogen) atoms. The van der Waals surface area contributed by atoms with E-state index in [0.29, 0.717) is 20.5 Å². The first-order chi connectivity index (χ1) is 14.0. The first-order valence-electron chi connectivity index (χ1n) is 8.66. The summed E-state index contributed by atoms with van der Waals surface area (Å²) >= 11 is 6.33. The lowest BCUT2D eigenvalue weighted by atomic mass is 10.1. The molecular formula is C21H16N2O4S2. The molecule has 0 bridgehead atoms. The van der Waals surface area contributed by atoms with Crippen LogP contribution in [0.4, 0.5) is 0 Å². The molecule has 2 aromatic carbocycles. The van der Waals surface area contributed by atoms with Gasteiger partial charge in [-0.3, -0.25) is 14.5 Å². The second-order valence-electron chi connectivity index (χ2n) is 6.10. The second-order valence-corrected chi connectivity index (χ2v) is 7.78. The summed E-state index contributed by atoms with van der Waals surface area (Å²) in [6.07, 6.45) is 1.56. The van der Waals surface area contributed by atoms with Crippen LogP contribution in [-0.2, 0) is 16.2 Å². The molecule has 146 valence electrons. The van der Waals surface area contributed by atoms with Gasteiger partial charge in [0.2, 0.25) is 0 Å². The Morgan fingerprint density at radius 1 is 1.24 bits per heavy atom. The number of thioether (sulfide) groups is 1. The number of aliphatic carboxylic acids is 1. The highest BCUT2D eigenvalue weighted by Crippen LogP contribution is 2.32. The van der Waals surface area contributed by atoms with E-state index in [9.17, 15) is 9.59 Å². The largest absolute Gasteiger partial charge is 0.489 e. The SMILES string of the molecule is N#Cc1ccccc1COc1ccc(/C=C2/SC(=S)N(CCC(=O)O)C2=O)cc1. The Morgan fingerprint density at radius 2 is 1.97 bits per heavy atom. The summed E-state index contributed by atoms with van der Waals surface area (Å²) in [5.74, 6) is -0.616. The highest BCUT2D eigenvalue weighted by atomic mass is 32.2. The van der Waals surface area contributed by atoms with Gasteiger partial charge in [-0.05, 0) is 29.8 Å². The zero-order valence-electron chi connectivity index (χ0n) is 15.2. The van der Waals surface area contributed by atoms with Gasteiger partial charge in [0.05, 0.1) is 23.0 Å². The number of carboxylic acid groups (broad SMARTS) is 1. The van der Waals surface area contributed by atoms with Crippen LogP contribution in [0.25, 0.3) is 6.08 Å². The Morgan fingerprint density at radius 3 is 2.66 bits per heavy atom. The maximum atomic E-state index is 12.4. The van der Waals surface area contributed by atoms with Crippen molar-refractivity contribution in [2.75, 3.05) is 6.54 Å². The highest BCUT2D eigenvalue weighted by Gasteiger charge is 2.31. The Kier molecular flexibility index (Phi) is 6.65. The molecule has 6 nitrogen and oxygen atoms in total. The third-order valence-corrected chi connectivity index (χ3v) is 5.51. The molecule has 1 saturated heterocycles. The van der Waals surface area contributed by atoms with Gasteiger partial charge in [0.15, 0.2) is 0 Å². The van der Waals surface area contributed by atoms with Crippen LogP contribution in [0, 0.1) is 11.3 Å². The average molecular weight is 425 g/mol. The molecule has 1 fully saturated rings. The molecule has 0 unspecified atom stereocenters. The average Bonchev–Trinajstić information content (AvgIpc) is 2.98. The number of thiocarbonyl (C=S) groups is 1. The quantitative estimate of drug-likeness (QED) is 0.534. The Labute approximate surface area is 177 Å². The van der Waals surface area contributed by atoms with Crippen molar-refractivity contribution in [3.63, 3.8) is 0 Å². The van der Waals surface area contributed by atoms with Crippen molar-refractivity contribution in [2.45, 2.75) is 13.0 Å². The Hall–Kier alpha value is -3.15. The van der Waals surface area contributed by atoms with Crippen LogP contribution in [0.15, 0.2) is 53.4 Å². The maximum absolute atomic E-state index is 12.4. The van der Waals surface area contributed by atoms with Crippen LogP contribution >= 0.6 is 24.0 Å². The molecule has 3 rings (SSSR count). The number of nitriles is 1. The molecule has 1 amide bonds. The fraction of sp³-hybridized carbons (Fsp3) is 0.143. The van der Waals surface area contributed by atoms with Crippen LogP contribution in [0.1, 0.15) is 23.1 Å². The predicted octanol–water partition coefficient (Wildman–Crippen LogP) is 3.81. The number of amides is 1. The fourth-order valence-corrected chi connectivity index (χ4v) is 3.94. The van der Waals surface area contributed by atoms with E-state index in [2.05, 4.69) is 6.07 Å². The molecule has 1 aliphatic heterocycles. The number of hydrogen-bond acceptors (Lipinski definition) is 6. The molecule has 2 aromatic rings. The monoisotopic (exact) mass is 424 g/mol. The van der Waals surface area contributed by atoms with Crippen LogP contribution in [0.5, 0.6) is 5.75 Å². The number of rotatable bonds is 7. The zero-order valence-corrected chi connectivity index (χ0v) is 16.8. The topological polar surface area (TPSA) is 90.6 Å². The molecule has 8 heteroatoms. The normalized spacial score (nSPS) is 14.9. The molecule has 1 heterocycles. The van der Waals surface area contributed by atoms with Crippen molar-refractivity contribution in [1.29, 1.82) is 5.26 Å². The lowest BCUT2D eigenvalue weighted by Gasteiger charge is -2.12. The third kappa shape index (κ3) is 5.22. The standard InChI is InChI=1S/C21H16N2O4S2/c22-12-15-3-1-2-4-16(15)13-27-17-7-5-14(6-8-17)11-18-20(26)23(21(28)29-18)10-9-19(24)25/h1-8,11H,9-10,13H2,(H,24,25)/b18-11+. The predicted molar refractivity (Wildman–Crippen MR) is 114 cm³/mol. The number of carbonyl (C=O) groups excluding carboxylic acids is 1. The molecule has 1 N–H and O–H groups in total. The van der Waals surface area contributed by atoms with Gasteiger partial charge in [-0.25, -0.2) is 0 Å². The summed E-state index contributed by atoms with van der Waals surface area (Å²) in [6, 6.07) is 16.6. The van der Waals surface area contributed by atoms with Gasteiger partial charge >= 0.3 is 5.97 Å². The van der Waals surface area contributed by atoms with Crippen molar-refractivity contribution >= 4 is 46.3 Å². The van der Waals surface area contributed by atoms with E-state index < -0.39 is 5.97 Å². The van der Waals surface area contributed by atoms with E-state index in [1.165, 1.54) is 4.90 Å². The smallest absolute Gasteiger partial charge is 0.305 e. The third-order valence-electron chi connectivity index (χ3n) is 4.13. The minimum Gasteiger partial charge on any atom is -0.489 e. The van der Waals surface area contributed by atoms with E-state index in [4.69, 9.17) is 27.3 Å². The summed E-state index contributed by atoms with van der Waals surface area (Å²) in [4.78, 5) is 24.9. The zero-order chi connectivity index (χ0) is 20.8. The van der Waals surface area contributed by atoms with E-state index >= 15 is 0 Å². The van der Waals surface area contributed by atoms with Gasteiger partial charge < -0.3 is 9.84 Å². The van der Waals surface area contributed by atoms with Crippen LogP contribution < -0.4 is 4.74 Å². The number of carboxylic acids is 1. The van der Waals surface area contributed by atoms with Gasteiger partial charge in [-0.1, -0.05) is 54.3 Å². The Balaban J connectivity index is 1.64. The molecule has 0 radical (unpaired) electrons. The van der Waals surface area contributed by atoms with Crippen molar-refractivity contribution in [3.8, 4) is 11.8 Å². The van der Waals surface area contributed by atoms with Gasteiger partial charge in [0, 0.05) is 12.1 Å². The summed E-state index contributed by atoms with van der Waals surface area (Å²) in [5.41, 5.74) is 2.19. The summed E-state index contributed by atoms with van der Waals surface area (Å²) in [7, 11) is 0. The second kappa shape index (κ2) is 9.37. The van der Waals surface area contributed by atoms with Gasteiger partial charge in [-0.2, -0.15) is 5.26 Å². The highest BCUT2D eigenvalue weighted by molar-refractivity contribution is 8.26.